The molecule has 0 amide bonds. The minimum Gasteiger partial charge on any atom is -0.0843 e. The summed E-state index contributed by atoms with van der Waals surface area (Å²) in [5, 5.41) is 0.765. The Bertz CT molecular complexity index is 4280. The van der Waals surface area contributed by atoms with Crippen LogP contribution in [-0.2, 0) is 21.7 Å². The van der Waals surface area contributed by atoms with E-state index >= 15 is 0 Å². The fourth-order valence-corrected chi connectivity index (χ4v) is 16.6. The second kappa shape index (κ2) is 22.6. The Morgan fingerprint density at radius 3 is 0.828 bits per heavy atom. The summed E-state index contributed by atoms with van der Waals surface area (Å²) in [4.78, 5) is 0. The van der Waals surface area contributed by atoms with Crippen LogP contribution in [0.1, 0.15) is 190 Å². The lowest BCUT2D eigenvalue weighted by Gasteiger charge is -2.28. The first-order valence-electron chi connectivity index (χ1n) is 33.2. The Kier molecular flexibility index (Phi) is 14.9. The summed E-state index contributed by atoms with van der Waals surface area (Å²) in [6, 6.07) is 77.7. The lowest BCUT2D eigenvalue weighted by molar-refractivity contribution is 0.481. The molecule has 0 radical (unpaired) electrons. The van der Waals surface area contributed by atoms with E-state index in [2.05, 4.69) is 243 Å². The van der Waals surface area contributed by atoms with Crippen molar-refractivity contribution < 1.29 is 0 Å². The van der Waals surface area contributed by atoms with Gasteiger partial charge in [0, 0.05) is 26.7 Å². The molecule has 0 aliphatic heterocycles. The third-order valence-corrected chi connectivity index (χ3v) is 22.0. The number of halogens is 1. The smallest absolute Gasteiger partial charge is 0.0406 e. The third-order valence-electron chi connectivity index (χ3n) is 21.8. The first kappa shape index (κ1) is 57.2. The largest absolute Gasteiger partial charge is 0.0843 e. The van der Waals surface area contributed by atoms with Crippen molar-refractivity contribution in [1.82, 2.24) is 0 Å². The van der Waals surface area contributed by atoms with Crippen LogP contribution in [0.5, 0.6) is 0 Å². The number of hydrogen-bond acceptors (Lipinski definition) is 0. The van der Waals surface area contributed by atoms with Crippen LogP contribution in [0.2, 0.25) is 5.02 Å². The van der Waals surface area contributed by atoms with Gasteiger partial charge in [0.2, 0.25) is 0 Å². The molecule has 14 rings (SSSR count). The fourth-order valence-electron chi connectivity index (χ4n) is 16.5. The molecule has 2 atom stereocenters. The average Bonchev–Trinajstić information content (AvgIpc) is 1.64. The van der Waals surface area contributed by atoms with Crippen LogP contribution in [0.3, 0.4) is 0 Å². The maximum Gasteiger partial charge on any atom is 0.0406 e. The van der Waals surface area contributed by atoms with E-state index in [0.29, 0.717) is 0 Å². The maximum absolute atomic E-state index is 6.30. The fraction of sp³-hybridized carbons (Fsp3) is 0.302. The molecule has 0 saturated heterocycles. The Morgan fingerprint density at radius 2 is 0.483 bits per heavy atom. The van der Waals surface area contributed by atoms with E-state index in [0.717, 1.165) is 11.4 Å². The van der Waals surface area contributed by atoms with E-state index in [4.69, 9.17) is 11.6 Å². The molecule has 4 aliphatic carbocycles. The second-order valence-corrected chi connectivity index (χ2v) is 28.3. The SMILES string of the molecule is CCCCCCCCC1(C)c2ccccc2-c2ccc(-c3ccc4c(c3)C(C)(C)c3cc(-c5ccc(-c6ccc7c(c6)C(C)(CCCCCCCC)c6cc(-c8ccc9c(c8)C(C)(C)c8cc(-c%10ccc(Cl)cc%10)ccc8-9)ccc6-7)cc5)ccc3-4)cc21. The lowest BCUT2D eigenvalue weighted by atomic mass is 9.75. The van der Waals surface area contributed by atoms with Crippen molar-refractivity contribution in [2.75, 3.05) is 0 Å². The average molecular weight is 1150 g/mol. The highest BCUT2D eigenvalue weighted by Gasteiger charge is 2.42. The van der Waals surface area contributed by atoms with E-state index in [9.17, 15) is 0 Å². The van der Waals surface area contributed by atoms with Crippen molar-refractivity contribution in [2.24, 2.45) is 0 Å². The van der Waals surface area contributed by atoms with Crippen molar-refractivity contribution in [3.05, 3.63) is 250 Å². The quantitative estimate of drug-likeness (QED) is 0.0708. The number of fused-ring (bicyclic) bond motifs is 12. The molecule has 2 unspecified atom stereocenters. The first-order chi connectivity index (χ1) is 42.2. The van der Waals surface area contributed by atoms with Crippen LogP contribution < -0.4 is 0 Å². The van der Waals surface area contributed by atoms with Gasteiger partial charge in [-0.2, -0.15) is 0 Å². The van der Waals surface area contributed by atoms with Crippen LogP contribution in [-0.4, -0.2) is 0 Å². The number of hydrogen-bond donors (Lipinski definition) is 0. The zero-order valence-electron chi connectivity index (χ0n) is 52.8. The summed E-state index contributed by atoms with van der Waals surface area (Å²) in [7, 11) is 0. The molecule has 0 aromatic heterocycles. The van der Waals surface area contributed by atoms with Gasteiger partial charge in [0.05, 0.1) is 0 Å². The summed E-state index contributed by atoms with van der Waals surface area (Å²) < 4.78 is 0. The van der Waals surface area contributed by atoms with Crippen molar-refractivity contribution in [3.63, 3.8) is 0 Å². The number of benzene rings is 10. The minimum absolute atomic E-state index is 0.0193. The Labute approximate surface area is 525 Å². The molecule has 0 saturated carbocycles. The summed E-state index contributed by atoms with van der Waals surface area (Å²) in [5.74, 6) is 0. The van der Waals surface area contributed by atoms with E-state index in [1.54, 1.807) is 0 Å². The van der Waals surface area contributed by atoms with Crippen LogP contribution in [0, 0.1) is 0 Å². The molecule has 0 N–H and O–H groups in total. The van der Waals surface area contributed by atoms with Gasteiger partial charge >= 0.3 is 0 Å². The van der Waals surface area contributed by atoms with Crippen molar-refractivity contribution in [3.8, 4) is 100 Å². The molecule has 0 bridgehead atoms. The van der Waals surface area contributed by atoms with E-state index < -0.39 is 0 Å². The molecule has 0 spiro atoms. The van der Waals surface area contributed by atoms with Crippen LogP contribution >= 0.6 is 11.6 Å². The molecule has 1 heteroatoms. The van der Waals surface area contributed by atoms with Gasteiger partial charge in [-0.1, -0.05) is 290 Å². The van der Waals surface area contributed by atoms with Gasteiger partial charge in [0.25, 0.3) is 0 Å². The molecule has 0 nitrogen and oxygen atoms in total. The van der Waals surface area contributed by atoms with Crippen molar-refractivity contribution >= 4 is 11.6 Å². The monoisotopic (exact) mass is 1150 g/mol. The van der Waals surface area contributed by atoms with E-state index in [1.165, 1.54) is 228 Å². The van der Waals surface area contributed by atoms with Crippen LogP contribution in [0.15, 0.2) is 200 Å². The Balaban J connectivity index is 0.723. The predicted octanol–water partition coefficient (Wildman–Crippen LogP) is 25.4. The molecule has 0 fully saturated rings. The zero-order chi connectivity index (χ0) is 59.8. The standard InChI is InChI=1S/C86H85Cl/c1-9-11-13-15-17-21-47-85(7)75-24-20-19-23-67(75)72-45-36-64(54-80(72)85)62-34-42-70-68-40-31-59(49-76(68)83(3,4)78(70)51-62)56-25-27-57(28-26-56)61-33-44-73-74-46-37-65(55-82(74)86(8,81(73)53-61)48-22-18-16-14-12-10-2)63-35-43-71-69-41-32-60(58-29-38-66(87)39-30-58)50-77(69)84(5,6)79(71)52-63/h19-20,23-46,49-55H,9-18,21-22,47-48H2,1-8H3. The Hall–Kier alpha value is -7.51. The summed E-state index contributed by atoms with van der Waals surface area (Å²) in [6.07, 6.45) is 18.0. The highest BCUT2D eigenvalue weighted by Crippen LogP contribution is 2.57. The second-order valence-electron chi connectivity index (χ2n) is 27.9. The van der Waals surface area contributed by atoms with Gasteiger partial charge in [-0.25, -0.2) is 0 Å². The van der Waals surface area contributed by atoms with Gasteiger partial charge in [-0.15, -0.1) is 0 Å². The topological polar surface area (TPSA) is 0 Å². The molecule has 436 valence electrons. The third kappa shape index (κ3) is 9.80. The molecule has 4 aliphatic rings. The lowest BCUT2D eigenvalue weighted by Crippen LogP contribution is -2.21. The van der Waals surface area contributed by atoms with Crippen molar-refractivity contribution in [2.45, 2.75) is 167 Å². The predicted molar refractivity (Wildman–Crippen MR) is 374 cm³/mol. The summed E-state index contributed by atoms with van der Waals surface area (Å²) >= 11 is 6.30. The van der Waals surface area contributed by atoms with Crippen molar-refractivity contribution in [1.29, 1.82) is 0 Å². The van der Waals surface area contributed by atoms with Gasteiger partial charge in [-0.3, -0.25) is 0 Å². The molecular weight excluding hydrogens is 1070 g/mol. The van der Waals surface area contributed by atoms with Crippen LogP contribution in [0.4, 0.5) is 0 Å². The highest BCUT2D eigenvalue weighted by molar-refractivity contribution is 6.30. The maximum atomic E-state index is 6.30. The highest BCUT2D eigenvalue weighted by atomic mass is 35.5. The first-order valence-corrected chi connectivity index (χ1v) is 33.6. The molecule has 10 aromatic carbocycles. The summed E-state index contributed by atoms with van der Waals surface area (Å²) in [6.45, 7) is 19.4. The molecule has 87 heavy (non-hydrogen) atoms. The summed E-state index contributed by atoms with van der Waals surface area (Å²) in [5.41, 5.74) is 35.0. The molecular formula is C86H85Cl. The van der Waals surface area contributed by atoms with E-state index in [-0.39, 0.29) is 21.7 Å². The zero-order valence-corrected chi connectivity index (χ0v) is 53.6. The van der Waals surface area contributed by atoms with Gasteiger partial charge in [0.1, 0.15) is 0 Å². The molecule has 10 aromatic rings. The number of unbranched alkanes of at least 4 members (excludes halogenated alkanes) is 10. The Morgan fingerprint density at radius 1 is 0.241 bits per heavy atom. The van der Waals surface area contributed by atoms with E-state index in [1.807, 2.05) is 12.1 Å². The van der Waals surface area contributed by atoms with Gasteiger partial charge in [0.15, 0.2) is 0 Å². The van der Waals surface area contributed by atoms with Gasteiger partial charge < -0.3 is 0 Å². The minimum atomic E-state index is -0.143. The normalized spacial score (nSPS) is 17.5. The van der Waals surface area contributed by atoms with Gasteiger partial charge in [-0.05, 0) is 212 Å². The number of rotatable bonds is 19. The van der Waals surface area contributed by atoms with Crippen LogP contribution in [0.25, 0.3) is 100 Å². The molecule has 0 heterocycles.